The van der Waals surface area contributed by atoms with Gasteiger partial charge in [0.15, 0.2) is 0 Å². The fourth-order valence-corrected chi connectivity index (χ4v) is 2.05. The van der Waals surface area contributed by atoms with Crippen molar-refractivity contribution in [2.24, 2.45) is 5.73 Å². The van der Waals surface area contributed by atoms with E-state index in [0.717, 1.165) is 17.7 Å². The Balaban J connectivity index is 2.65. The van der Waals surface area contributed by atoms with Gasteiger partial charge >= 0.3 is 0 Å². The zero-order chi connectivity index (χ0) is 15.0. The second-order valence-corrected chi connectivity index (χ2v) is 4.79. The van der Waals surface area contributed by atoms with E-state index in [-0.39, 0.29) is 11.9 Å². The summed E-state index contributed by atoms with van der Waals surface area (Å²) < 4.78 is 5.14. The minimum atomic E-state index is 0.0216. The number of carbonyl (C=O) groups excluding carboxylic acids is 1. The van der Waals surface area contributed by atoms with Crippen molar-refractivity contribution in [2.75, 3.05) is 33.8 Å². The van der Waals surface area contributed by atoms with Crippen LogP contribution >= 0.6 is 0 Å². The Labute approximate surface area is 121 Å². The highest BCUT2D eigenvalue weighted by molar-refractivity contribution is 5.78. The van der Waals surface area contributed by atoms with Crippen molar-refractivity contribution in [3.8, 4) is 5.75 Å². The zero-order valence-corrected chi connectivity index (χ0v) is 12.6. The van der Waals surface area contributed by atoms with Crippen molar-refractivity contribution < 1.29 is 9.53 Å². The van der Waals surface area contributed by atoms with Gasteiger partial charge in [-0.15, -0.1) is 0 Å². The molecule has 0 aliphatic carbocycles. The van der Waals surface area contributed by atoms with Gasteiger partial charge in [0.05, 0.1) is 13.7 Å². The molecule has 0 heterocycles. The van der Waals surface area contributed by atoms with Crippen LogP contribution in [0.3, 0.4) is 0 Å². The Morgan fingerprint density at radius 1 is 1.40 bits per heavy atom. The number of benzene rings is 1. The molecule has 20 heavy (non-hydrogen) atoms. The molecule has 1 unspecified atom stereocenters. The molecule has 5 heteroatoms. The van der Waals surface area contributed by atoms with Gasteiger partial charge in [-0.3, -0.25) is 9.69 Å². The quantitative estimate of drug-likeness (QED) is 0.749. The fraction of sp³-hybridized carbons (Fsp3) is 0.533. The third-order valence-corrected chi connectivity index (χ3v) is 3.22. The number of rotatable bonds is 8. The van der Waals surface area contributed by atoms with Gasteiger partial charge in [-0.2, -0.15) is 0 Å². The van der Waals surface area contributed by atoms with Crippen molar-refractivity contribution in [1.29, 1.82) is 0 Å². The molecule has 0 spiro atoms. The first kappa shape index (κ1) is 16.5. The lowest BCUT2D eigenvalue weighted by molar-refractivity contribution is -0.122. The van der Waals surface area contributed by atoms with Gasteiger partial charge in [0, 0.05) is 19.1 Å². The van der Waals surface area contributed by atoms with Crippen molar-refractivity contribution in [1.82, 2.24) is 10.2 Å². The molecule has 0 bridgehead atoms. The number of nitrogens with one attached hydrogen (secondary N) is 1. The largest absolute Gasteiger partial charge is 0.497 e. The molecular formula is C15H25N3O2. The molecule has 0 aliphatic rings. The molecular weight excluding hydrogens is 254 g/mol. The number of likely N-dealkylation sites (N-methyl/N-ethyl adjacent to an activating group) is 1. The average molecular weight is 279 g/mol. The maximum atomic E-state index is 11.8. The number of nitrogens with two attached hydrogens (primary N) is 1. The predicted molar refractivity (Wildman–Crippen MR) is 80.7 cm³/mol. The molecule has 1 amide bonds. The third-order valence-electron chi connectivity index (χ3n) is 3.22. The van der Waals surface area contributed by atoms with E-state index in [1.54, 1.807) is 7.11 Å². The number of methoxy groups -OCH3 is 1. The van der Waals surface area contributed by atoms with E-state index in [1.807, 2.05) is 43.1 Å². The summed E-state index contributed by atoms with van der Waals surface area (Å²) in [5.74, 6) is 0.842. The number of carbonyl (C=O) groups is 1. The monoisotopic (exact) mass is 279 g/mol. The topological polar surface area (TPSA) is 67.6 Å². The minimum Gasteiger partial charge on any atom is -0.497 e. The number of hydrogen-bond acceptors (Lipinski definition) is 4. The number of ether oxygens (including phenoxy) is 1. The number of hydrogen-bond donors (Lipinski definition) is 2. The summed E-state index contributed by atoms with van der Waals surface area (Å²) in [5, 5.41) is 2.87. The van der Waals surface area contributed by atoms with Gasteiger partial charge in [-0.25, -0.2) is 0 Å². The fourth-order valence-electron chi connectivity index (χ4n) is 2.05. The summed E-state index contributed by atoms with van der Waals surface area (Å²) >= 11 is 0. The molecule has 1 aromatic carbocycles. The van der Waals surface area contributed by atoms with Crippen molar-refractivity contribution in [2.45, 2.75) is 19.4 Å². The summed E-state index contributed by atoms with van der Waals surface area (Å²) in [6.07, 6.45) is 0.939. The number of nitrogens with zero attached hydrogens (tertiary/aromatic N) is 1. The first-order chi connectivity index (χ1) is 9.62. The highest BCUT2D eigenvalue weighted by Crippen LogP contribution is 2.20. The van der Waals surface area contributed by atoms with E-state index in [9.17, 15) is 4.79 Å². The van der Waals surface area contributed by atoms with Gasteiger partial charge in [0.2, 0.25) is 5.91 Å². The SMILES string of the molecule is CCCNC(=O)CN(C)C(CN)c1ccc(OC)cc1. The second-order valence-electron chi connectivity index (χ2n) is 4.79. The average Bonchev–Trinajstić information content (AvgIpc) is 2.46. The second kappa shape index (κ2) is 8.55. The summed E-state index contributed by atoms with van der Waals surface area (Å²) in [5.41, 5.74) is 6.93. The maximum absolute atomic E-state index is 11.8. The van der Waals surface area contributed by atoms with Crippen LogP contribution < -0.4 is 15.8 Å². The van der Waals surface area contributed by atoms with Crippen LogP contribution in [0.2, 0.25) is 0 Å². The molecule has 0 aliphatic heterocycles. The molecule has 0 aromatic heterocycles. The van der Waals surface area contributed by atoms with Crippen molar-refractivity contribution in [3.63, 3.8) is 0 Å². The van der Waals surface area contributed by atoms with Gasteiger partial charge in [0.25, 0.3) is 0 Å². The summed E-state index contributed by atoms with van der Waals surface area (Å²) in [6.45, 7) is 3.55. The number of amides is 1. The Bertz CT molecular complexity index is 406. The molecule has 1 rings (SSSR count). The van der Waals surface area contributed by atoms with Crippen LogP contribution in [0.15, 0.2) is 24.3 Å². The molecule has 112 valence electrons. The smallest absolute Gasteiger partial charge is 0.234 e. The first-order valence-corrected chi connectivity index (χ1v) is 6.93. The molecule has 1 atom stereocenters. The summed E-state index contributed by atoms with van der Waals surface area (Å²) in [4.78, 5) is 13.7. The Morgan fingerprint density at radius 3 is 2.55 bits per heavy atom. The van der Waals surface area contributed by atoms with E-state index >= 15 is 0 Å². The molecule has 0 saturated heterocycles. The molecule has 5 nitrogen and oxygen atoms in total. The lowest BCUT2D eigenvalue weighted by Crippen LogP contribution is -2.39. The molecule has 0 saturated carbocycles. The Morgan fingerprint density at radius 2 is 2.05 bits per heavy atom. The van der Waals surface area contributed by atoms with E-state index in [1.165, 1.54) is 0 Å². The highest BCUT2D eigenvalue weighted by Gasteiger charge is 2.17. The predicted octanol–water partition coefficient (Wildman–Crippen LogP) is 1.15. The maximum Gasteiger partial charge on any atom is 0.234 e. The Kier molecular flexibility index (Phi) is 7.04. The van der Waals surface area contributed by atoms with E-state index < -0.39 is 0 Å². The Hall–Kier alpha value is -1.59. The summed E-state index contributed by atoms with van der Waals surface area (Å²) in [7, 11) is 3.55. The van der Waals surface area contributed by atoms with Crippen LogP contribution in [-0.2, 0) is 4.79 Å². The van der Waals surface area contributed by atoms with Crippen LogP contribution in [0.1, 0.15) is 24.9 Å². The van der Waals surface area contributed by atoms with Crippen molar-refractivity contribution >= 4 is 5.91 Å². The molecule has 3 N–H and O–H groups in total. The lowest BCUT2D eigenvalue weighted by Gasteiger charge is -2.26. The van der Waals surface area contributed by atoms with E-state index in [0.29, 0.717) is 19.6 Å². The van der Waals surface area contributed by atoms with E-state index in [2.05, 4.69) is 5.32 Å². The summed E-state index contributed by atoms with van der Waals surface area (Å²) in [6, 6.07) is 7.80. The van der Waals surface area contributed by atoms with E-state index in [4.69, 9.17) is 10.5 Å². The standard InChI is InChI=1S/C15H25N3O2/c1-4-9-17-15(19)11-18(2)14(10-16)12-5-7-13(20-3)8-6-12/h5-8,14H,4,9-11,16H2,1-3H3,(H,17,19). The van der Waals surface area contributed by atoms with Crippen LogP contribution in [-0.4, -0.2) is 44.6 Å². The molecule has 0 radical (unpaired) electrons. The van der Waals surface area contributed by atoms with Gasteiger partial charge < -0.3 is 15.8 Å². The first-order valence-electron chi connectivity index (χ1n) is 6.93. The van der Waals surface area contributed by atoms with Crippen LogP contribution in [0.25, 0.3) is 0 Å². The van der Waals surface area contributed by atoms with Crippen LogP contribution in [0, 0.1) is 0 Å². The normalized spacial score (nSPS) is 12.2. The van der Waals surface area contributed by atoms with Crippen molar-refractivity contribution in [3.05, 3.63) is 29.8 Å². The zero-order valence-electron chi connectivity index (χ0n) is 12.6. The van der Waals surface area contributed by atoms with Gasteiger partial charge in [-0.05, 0) is 31.2 Å². The van der Waals surface area contributed by atoms with Gasteiger partial charge in [0.1, 0.15) is 5.75 Å². The van der Waals surface area contributed by atoms with Gasteiger partial charge in [-0.1, -0.05) is 19.1 Å². The third kappa shape index (κ3) is 4.83. The molecule has 1 aromatic rings. The lowest BCUT2D eigenvalue weighted by atomic mass is 10.1. The minimum absolute atomic E-state index is 0.0216. The van der Waals surface area contributed by atoms with Crippen LogP contribution in [0.5, 0.6) is 5.75 Å². The van der Waals surface area contributed by atoms with Crippen LogP contribution in [0.4, 0.5) is 0 Å². The highest BCUT2D eigenvalue weighted by atomic mass is 16.5. The molecule has 0 fully saturated rings.